The van der Waals surface area contributed by atoms with Crippen LogP contribution in [0.2, 0.25) is 0 Å². The second kappa shape index (κ2) is 5.39. The van der Waals surface area contributed by atoms with Crippen molar-refractivity contribution in [2.24, 2.45) is 0 Å². The lowest BCUT2D eigenvalue weighted by Gasteiger charge is -2.09. The summed E-state index contributed by atoms with van der Waals surface area (Å²) >= 11 is 0. The molecule has 0 saturated carbocycles. The van der Waals surface area contributed by atoms with Crippen LogP contribution in [-0.4, -0.2) is 19.5 Å². The van der Waals surface area contributed by atoms with Crippen molar-refractivity contribution in [1.82, 2.24) is 3.97 Å². The van der Waals surface area contributed by atoms with Crippen LogP contribution < -0.4 is 4.74 Å². The zero-order valence-electron chi connectivity index (χ0n) is 13.0. The average molecular weight is 337 g/mol. The molecule has 0 radical (unpaired) electrons. The smallest absolute Gasteiger partial charge is 0.268 e. The molecule has 0 spiro atoms. The molecule has 4 rings (SSSR count). The van der Waals surface area contributed by atoms with Gasteiger partial charge in [-0.2, -0.15) is 0 Å². The Balaban J connectivity index is 2.17. The molecule has 120 valence electrons. The Bertz CT molecular complexity index is 1150. The monoisotopic (exact) mass is 337 g/mol. The first-order valence-corrected chi connectivity index (χ1v) is 8.95. The van der Waals surface area contributed by atoms with E-state index >= 15 is 0 Å². The van der Waals surface area contributed by atoms with Crippen molar-refractivity contribution in [2.75, 3.05) is 7.11 Å². The first-order chi connectivity index (χ1) is 11.6. The predicted octanol–water partition coefficient (Wildman–Crippen LogP) is 4.04. The lowest BCUT2D eigenvalue weighted by molar-refractivity contribution is 0.415. The zero-order chi connectivity index (χ0) is 16.7. The summed E-state index contributed by atoms with van der Waals surface area (Å²) in [7, 11) is -2.14. The van der Waals surface area contributed by atoms with E-state index in [2.05, 4.69) is 0 Å². The molecule has 1 heterocycles. The summed E-state index contributed by atoms with van der Waals surface area (Å²) in [6.45, 7) is 0. The Labute approximate surface area is 140 Å². The number of aromatic nitrogens is 1. The third-order valence-electron chi connectivity index (χ3n) is 4.12. The van der Waals surface area contributed by atoms with Crippen molar-refractivity contribution in [3.8, 4) is 5.75 Å². The summed E-state index contributed by atoms with van der Waals surface area (Å²) in [6, 6.07) is 21.5. The van der Waals surface area contributed by atoms with Crippen LogP contribution in [0.15, 0.2) is 77.7 Å². The number of ether oxygens (including phenoxy) is 1. The molecule has 4 aromatic rings. The molecule has 0 aliphatic heterocycles. The molecule has 0 N–H and O–H groups in total. The number of hydrogen-bond acceptors (Lipinski definition) is 3. The van der Waals surface area contributed by atoms with E-state index < -0.39 is 10.0 Å². The van der Waals surface area contributed by atoms with E-state index in [9.17, 15) is 8.42 Å². The number of nitrogens with zero attached hydrogens (tertiary/aromatic N) is 1. The molecule has 1 aromatic heterocycles. The van der Waals surface area contributed by atoms with Crippen molar-refractivity contribution < 1.29 is 13.2 Å². The lowest BCUT2D eigenvalue weighted by atomic mass is 10.1. The van der Waals surface area contributed by atoms with Crippen LogP contribution in [0.1, 0.15) is 0 Å². The van der Waals surface area contributed by atoms with Gasteiger partial charge in [-0.25, -0.2) is 12.4 Å². The van der Waals surface area contributed by atoms with Crippen molar-refractivity contribution in [3.63, 3.8) is 0 Å². The summed E-state index contributed by atoms with van der Waals surface area (Å²) in [5.41, 5.74) is 1.27. The van der Waals surface area contributed by atoms with E-state index in [-0.39, 0.29) is 4.90 Å². The number of hydrogen-bond donors (Lipinski definition) is 0. The Morgan fingerprint density at radius 3 is 2.21 bits per heavy atom. The van der Waals surface area contributed by atoms with E-state index in [4.69, 9.17) is 4.74 Å². The Kier molecular flexibility index (Phi) is 3.32. The standard InChI is InChI=1S/C19H15NO3S/c1-23-14-11-12-17-16-9-5-6-10-18(16)20(19(17)13-14)24(21,22)15-7-3-2-4-8-15/h2-13H,1H3. The predicted molar refractivity (Wildman–Crippen MR) is 95.0 cm³/mol. The second-order valence-corrected chi connectivity index (χ2v) is 7.27. The van der Waals surface area contributed by atoms with Crippen LogP contribution in [0.3, 0.4) is 0 Å². The van der Waals surface area contributed by atoms with Gasteiger partial charge in [0.15, 0.2) is 0 Å². The van der Waals surface area contributed by atoms with Crippen molar-refractivity contribution in [2.45, 2.75) is 4.90 Å². The summed E-state index contributed by atoms with van der Waals surface area (Å²) in [4.78, 5) is 0.260. The lowest BCUT2D eigenvalue weighted by Crippen LogP contribution is -2.12. The van der Waals surface area contributed by atoms with E-state index in [1.807, 2.05) is 36.4 Å². The van der Waals surface area contributed by atoms with Gasteiger partial charge in [-0.05, 0) is 30.3 Å². The van der Waals surface area contributed by atoms with E-state index in [0.717, 1.165) is 10.8 Å². The van der Waals surface area contributed by atoms with E-state index in [1.54, 1.807) is 43.5 Å². The Hall–Kier alpha value is -2.79. The van der Waals surface area contributed by atoms with Crippen LogP contribution in [-0.2, 0) is 10.0 Å². The molecule has 0 saturated heterocycles. The summed E-state index contributed by atoms with van der Waals surface area (Å²) in [5.74, 6) is 0.620. The maximum Gasteiger partial charge on any atom is 0.268 e. The minimum atomic E-state index is -3.71. The SMILES string of the molecule is COc1ccc2c3ccccc3n(S(=O)(=O)c3ccccc3)c2c1. The van der Waals surface area contributed by atoms with Crippen LogP contribution in [0.25, 0.3) is 21.8 Å². The minimum absolute atomic E-state index is 0.260. The third kappa shape index (κ3) is 2.09. The fraction of sp³-hybridized carbons (Fsp3) is 0.0526. The number of benzene rings is 3. The van der Waals surface area contributed by atoms with Gasteiger partial charge in [-0.15, -0.1) is 0 Å². The number of fused-ring (bicyclic) bond motifs is 3. The van der Waals surface area contributed by atoms with E-state index in [0.29, 0.717) is 16.8 Å². The highest BCUT2D eigenvalue weighted by molar-refractivity contribution is 7.90. The van der Waals surface area contributed by atoms with Gasteiger partial charge < -0.3 is 4.74 Å². The minimum Gasteiger partial charge on any atom is -0.497 e. The van der Waals surface area contributed by atoms with Crippen LogP contribution in [0.5, 0.6) is 5.75 Å². The highest BCUT2D eigenvalue weighted by Crippen LogP contribution is 2.34. The quantitative estimate of drug-likeness (QED) is 0.567. The molecule has 0 aliphatic rings. The van der Waals surface area contributed by atoms with Gasteiger partial charge >= 0.3 is 0 Å². The fourth-order valence-electron chi connectivity index (χ4n) is 3.00. The van der Waals surface area contributed by atoms with Gasteiger partial charge in [0.1, 0.15) is 5.75 Å². The van der Waals surface area contributed by atoms with Crippen LogP contribution in [0, 0.1) is 0 Å². The molecular weight excluding hydrogens is 322 g/mol. The third-order valence-corrected chi connectivity index (χ3v) is 5.86. The van der Waals surface area contributed by atoms with Crippen molar-refractivity contribution in [3.05, 3.63) is 72.8 Å². The van der Waals surface area contributed by atoms with Crippen LogP contribution in [0.4, 0.5) is 0 Å². The van der Waals surface area contributed by atoms with Crippen molar-refractivity contribution in [1.29, 1.82) is 0 Å². The van der Waals surface area contributed by atoms with Crippen molar-refractivity contribution >= 4 is 31.8 Å². The van der Waals surface area contributed by atoms with Gasteiger partial charge in [-0.1, -0.05) is 36.4 Å². The van der Waals surface area contributed by atoms with Gasteiger partial charge in [-0.3, -0.25) is 0 Å². The molecule has 0 fully saturated rings. The molecule has 5 heteroatoms. The molecule has 24 heavy (non-hydrogen) atoms. The summed E-state index contributed by atoms with van der Waals surface area (Å²) < 4.78 is 33.2. The average Bonchev–Trinajstić information content (AvgIpc) is 2.96. The molecule has 0 unspecified atom stereocenters. The molecule has 3 aromatic carbocycles. The maximum absolute atomic E-state index is 13.2. The maximum atomic E-state index is 13.2. The van der Waals surface area contributed by atoms with E-state index in [1.165, 1.54) is 3.97 Å². The summed E-state index contributed by atoms with van der Waals surface area (Å²) in [6.07, 6.45) is 0. The molecule has 0 amide bonds. The number of para-hydroxylation sites is 1. The highest BCUT2D eigenvalue weighted by atomic mass is 32.2. The van der Waals surface area contributed by atoms with Gasteiger partial charge in [0.05, 0.1) is 23.0 Å². The molecular formula is C19H15NO3S. The fourth-order valence-corrected chi connectivity index (χ4v) is 4.54. The Morgan fingerprint density at radius 2 is 1.46 bits per heavy atom. The highest BCUT2D eigenvalue weighted by Gasteiger charge is 2.23. The van der Waals surface area contributed by atoms with Crippen LogP contribution >= 0.6 is 0 Å². The first kappa shape index (κ1) is 14.8. The molecule has 0 aliphatic carbocycles. The molecule has 0 atom stereocenters. The number of rotatable bonds is 3. The van der Waals surface area contributed by atoms with Gasteiger partial charge in [0, 0.05) is 16.8 Å². The van der Waals surface area contributed by atoms with Gasteiger partial charge in [0.2, 0.25) is 0 Å². The summed E-state index contributed by atoms with van der Waals surface area (Å²) in [5, 5.41) is 1.78. The second-order valence-electron chi connectivity index (χ2n) is 5.48. The number of methoxy groups -OCH3 is 1. The molecule has 0 bridgehead atoms. The largest absolute Gasteiger partial charge is 0.497 e. The topological polar surface area (TPSA) is 48.3 Å². The molecule has 4 nitrogen and oxygen atoms in total. The van der Waals surface area contributed by atoms with Gasteiger partial charge in [0.25, 0.3) is 10.0 Å². The Morgan fingerprint density at radius 1 is 0.792 bits per heavy atom. The zero-order valence-corrected chi connectivity index (χ0v) is 13.8. The first-order valence-electron chi connectivity index (χ1n) is 7.51. The normalized spacial score (nSPS) is 11.9.